The molecule has 0 spiro atoms. The molecule has 8 nitrogen and oxygen atoms in total. The van der Waals surface area contributed by atoms with Gasteiger partial charge in [0.15, 0.2) is 11.4 Å². The summed E-state index contributed by atoms with van der Waals surface area (Å²) >= 11 is 0. The van der Waals surface area contributed by atoms with Crippen molar-refractivity contribution in [2.45, 2.75) is 56.7 Å². The number of aromatic hydroxyl groups is 1. The predicted molar refractivity (Wildman–Crippen MR) is 125 cm³/mol. The van der Waals surface area contributed by atoms with Gasteiger partial charge in [0, 0.05) is 17.1 Å². The summed E-state index contributed by atoms with van der Waals surface area (Å²) < 4.78 is 0. The summed E-state index contributed by atoms with van der Waals surface area (Å²) in [4.78, 5) is 38.3. The minimum absolute atomic E-state index is 0.0609. The highest BCUT2D eigenvalue weighted by Crippen LogP contribution is 2.51. The van der Waals surface area contributed by atoms with Crippen molar-refractivity contribution in [2.75, 3.05) is 0 Å². The van der Waals surface area contributed by atoms with Crippen LogP contribution in [0.1, 0.15) is 55.2 Å². The molecule has 2 unspecified atom stereocenters. The third kappa shape index (κ3) is 3.49. The summed E-state index contributed by atoms with van der Waals surface area (Å²) in [7, 11) is 0. The Hall–Kier alpha value is -3.41. The van der Waals surface area contributed by atoms with E-state index in [2.05, 4.69) is 17.9 Å². The van der Waals surface area contributed by atoms with Crippen LogP contribution in [-0.4, -0.2) is 49.6 Å². The van der Waals surface area contributed by atoms with E-state index in [1.165, 1.54) is 6.07 Å². The Morgan fingerprint density at radius 3 is 2.57 bits per heavy atom. The smallest absolute Gasteiger partial charge is 0.230 e. The number of benzene rings is 1. The zero-order chi connectivity index (χ0) is 25.1. The Balaban J connectivity index is 1.60. The van der Waals surface area contributed by atoms with Crippen LogP contribution in [0.25, 0.3) is 5.76 Å². The van der Waals surface area contributed by atoms with Gasteiger partial charge in [0.25, 0.3) is 0 Å². The molecule has 6 N–H and O–H groups in total. The lowest BCUT2D eigenvalue weighted by Gasteiger charge is -2.48. The van der Waals surface area contributed by atoms with Gasteiger partial charge >= 0.3 is 0 Å². The fourth-order valence-electron chi connectivity index (χ4n) is 6.14. The van der Waals surface area contributed by atoms with Crippen LogP contribution in [0.15, 0.2) is 29.4 Å². The SMILES string of the molecule is NC(=O)C1C(=O)[C@@]2(O)C(=O)C3=C(O)c4c(O)ccc(C#CC5=CCCCC5)c4C[C@H]3C[C@H]2CC1O. The number of Topliss-reactive ketones (excluding diaryl/α,β-unsaturated/α-hetero) is 2. The van der Waals surface area contributed by atoms with E-state index in [1.807, 2.05) is 0 Å². The predicted octanol–water partition coefficient (Wildman–Crippen LogP) is 1.44. The number of nitrogens with two attached hydrogens (primary N) is 1. The van der Waals surface area contributed by atoms with Gasteiger partial charge in [0.2, 0.25) is 11.7 Å². The molecule has 1 aromatic carbocycles. The summed E-state index contributed by atoms with van der Waals surface area (Å²) in [6.45, 7) is 0. The lowest BCUT2D eigenvalue weighted by molar-refractivity contribution is -0.174. The number of hydrogen-bond donors (Lipinski definition) is 5. The van der Waals surface area contributed by atoms with Crippen molar-refractivity contribution >= 4 is 23.2 Å². The Kier molecular flexibility index (Phi) is 5.58. The zero-order valence-electron chi connectivity index (χ0n) is 19.1. The van der Waals surface area contributed by atoms with Gasteiger partial charge < -0.3 is 26.2 Å². The van der Waals surface area contributed by atoms with Gasteiger partial charge in [-0.25, -0.2) is 0 Å². The minimum Gasteiger partial charge on any atom is -0.507 e. The number of carbonyl (C=O) groups is 3. The molecule has 0 saturated heterocycles. The van der Waals surface area contributed by atoms with E-state index in [-0.39, 0.29) is 36.1 Å². The van der Waals surface area contributed by atoms with Crippen LogP contribution in [0.5, 0.6) is 5.75 Å². The van der Waals surface area contributed by atoms with E-state index in [0.717, 1.165) is 31.3 Å². The second-order valence-corrected chi connectivity index (χ2v) is 9.95. The van der Waals surface area contributed by atoms with E-state index in [4.69, 9.17) is 5.73 Å². The van der Waals surface area contributed by atoms with Crippen molar-refractivity contribution in [2.24, 2.45) is 23.5 Å². The number of hydrogen-bond acceptors (Lipinski definition) is 7. The van der Waals surface area contributed by atoms with Crippen molar-refractivity contribution in [3.63, 3.8) is 0 Å². The van der Waals surface area contributed by atoms with E-state index in [9.17, 15) is 34.8 Å². The van der Waals surface area contributed by atoms with Crippen LogP contribution in [0.2, 0.25) is 0 Å². The van der Waals surface area contributed by atoms with Gasteiger partial charge in [-0.1, -0.05) is 17.9 Å². The largest absolute Gasteiger partial charge is 0.507 e. The number of carbonyl (C=O) groups excluding carboxylic acids is 3. The van der Waals surface area contributed by atoms with Gasteiger partial charge in [-0.2, -0.15) is 0 Å². The molecule has 4 aliphatic carbocycles. The van der Waals surface area contributed by atoms with E-state index in [1.54, 1.807) is 6.07 Å². The topological polar surface area (TPSA) is 158 Å². The van der Waals surface area contributed by atoms with Crippen molar-refractivity contribution in [3.8, 4) is 17.6 Å². The molecule has 1 aromatic rings. The Bertz CT molecular complexity index is 1280. The summed E-state index contributed by atoms with van der Waals surface area (Å²) in [6.07, 6.45) is 5.06. The van der Waals surface area contributed by atoms with Crippen molar-refractivity contribution in [1.29, 1.82) is 0 Å². The standard InChI is InChI=1S/C27H27NO7/c28-26(34)22-19(30)12-16-10-15-11-17-14(7-6-13-4-2-1-3-5-13)8-9-18(29)21(17)23(31)20(15)24(32)27(16,35)25(22)33/h4,8-9,15-16,19,22,29-31,35H,1-3,5,10-12H2,(H2,28,34)/t15-,16+,19?,22?,27+/m1/s1. The Morgan fingerprint density at radius 2 is 1.89 bits per heavy atom. The van der Waals surface area contributed by atoms with Gasteiger partial charge in [-0.15, -0.1) is 0 Å². The Labute approximate surface area is 202 Å². The third-order valence-electron chi connectivity index (χ3n) is 7.92. The molecule has 1 amide bonds. The number of aliphatic hydroxyl groups is 3. The second kappa shape index (κ2) is 8.36. The molecule has 2 saturated carbocycles. The highest BCUT2D eigenvalue weighted by molar-refractivity contribution is 6.24. The number of rotatable bonds is 1. The van der Waals surface area contributed by atoms with Crippen LogP contribution >= 0.6 is 0 Å². The Morgan fingerprint density at radius 1 is 1.11 bits per heavy atom. The summed E-state index contributed by atoms with van der Waals surface area (Å²) in [5, 5.41) is 43.3. The van der Waals surface area contributed by atoms with Crippen LogP contribution < -0.4 is 5.73 Å². The molecule has 0 aliphatic heterocycles. The van der Waals surface area contributed by atoms with Crippen molar-refractivity contribution in [3.05, 3.63) is 46.0 Å². The molecule has 0 bridgehead atoms. The molecule has 5 rings (SSSR count). The first-order chi connectivity index (χ1) is 16.6. The van der Waals surface area contributed by atoms with Gasteiger partial charge in [-0.05, 0) is 74.1 Å². The van der Waals surface area contributed by atoms with Crippen LogP contribution in [-0.2, 0) is 20.8 Å². The number of fused-ring (bicyclic) bond motifs is 3. The molecule has 5 atom stereocenters. The highest BCUT2D eigenvalue weighted by Gasteiger charge is 2.63. The van der Waals surface area contributed by atoms with Gasteiger partial charge in [-0.3, -0.25) is 14.4 Å². The van der Waals surface area contributed by atoms with E-state index >= 15 is 0 Å². The quantitative estimate of drug-likeness (QED) is 0.302. The lowest BCUT2D eigenvalue weighted by atomic mass is 9.56. The number of phenols is 1. The summed E-state index contributed by atoms with van der Waals surface area (Å²) in [5.74, 6) is -0.876. The molecule has 182 valence electrons. The van der Waals surface area contributed by atoms with Crippen molar-refractivity contribution < 1.29 is 34.8 Å². The van der Waals surface area contributed by atoms with E-state index < -0.39 is 52.7 Å². The third-order valence-corrected chi connectivity index (χ3v) is 7.92. The highest BCUT2D eigenvalue weighted by atomic mass is 16.3. The molecule has 0 heterocycles. The number of phenolic OH excluding ortho intramolecular Hbond substituents is 1. The van der Waals surface area contributed by atoms with Crippen molar-refractivity contribution in [1.82, 2.24) is 0 Å². The maximum atomic E-state index is 13.5. The average Bonchev–Trinajstić information content (AvgIpc) is 2.81. The first-order valence-electron chi connectivity index (χ1n) is 11.9. The molecular weight excluding hydrogens is 450 g/mol. The number of amides is 1. The molecule has 8 heteroatoms. The second-order valence-electron chi connectivity index (χ2n) is 9.95. The zero-order valence-corrected chi connectivity index (χ0v) is 19.1. The average molecular weight is 478 g/mol. The molecule has 35 heavy (non-hydrogen) atoms. The lowest BCUT2D eigenvalue weighted by Crippen LogP contribution is -2.66. The molecule has 4 aliphatic rings. The van der Waals surface area contributed by atoms with Gasteiger partial charge in [0.05, 0.1) is 11.7 Å². The van der Waals surface area contributed by atoms with Crippen LogP contribution in [0.4, 0.5) is 0 Å². The fraction of sp³-hybridized carbons (Fsp3) is 0.444. The van der Waals surface area contributed by atoms with Crippen LogP contribution in [0, 0.1) is 29.6 Å². The van der Waals surface area contributed by atoms with E-state index in [0.29, 0.717) is 11.1 Å². The molecule has 0 radical (unpaired) electrons. The molecule has 0 aromatic heterocycles. The molecule has 2 fully saturated rings. The summed E-state index contributed by atoms with van der Waals surface area (Å²) in [6, 6.07) is 3.07. The first kappa shape index (κ1) is 23.3. The number of ketones is 2. The maximum Gasteiger partial charge on any atom is 0.230 e. The normalized spacial score (nSPS) is 32.0. The maximum absolute atomic E-state index is 13.5. The first-order valence-corrected chi connectivity index (χ1v) is 11.9. The van der Waals surface area contributed by atoms with Gasteiger partial charge in [0.1, 0.15) is 17.4 Å². The number of aliphatic hydroxyl groups excluding tert-OH is 2. The van der Waals surface area contributed by atoms with Crippen LogP contribution in [0.3, 0.4) is 0 Å². The molecular formula is C27H27NO7. The monoisotopic (exact) mass is 477 g/mol. The summed E-state index contributed by atoms with van der Waals surface area (Å²) in [5.41, 5.74) is 4.86. The number of primary amides is 1. The number of allylic oxidation sites excluding steroid dienone is 2. The minimum atomic E-state index is -2.57. The fourth-order valence-corrected chi connectivity index (χ4v) is 6.14.